The Bertz CT molecular complexity index is 904. The van der Waals surface area contributed by atoms with Gasteiger partial charge in [-0.15, -0.1) is 10.2 Å². The van der Waals surface area contributed by atoms with Gasteiger partial charge in [-0.2, -0.15) is 0 Å². The molecule has 26 heavy (non-hydrogen) atoms. The molecule has 2 aromatic heterocycles. The van der Waals surface area contributed by atoms with Crippen molar-refractivity contribution in [1.82, 2.24) is 14.8 Å². The van der Waals surface area contributed by atoms with E-state index in [9.17, 15) is 9.18 Å². The molecule has 0 spiro atoms. The van der Waals surface area contributed by atoms with E-state index in [1.807, 2.05) is 24.5 Å². The zero-order valence-electron chi connectivity index (χ0n) is 14.7. The molecule has 6 nitrogen and oxygen atoms in total. The number of furan rings is 1. The van der Waals surface area contributed by atoms with E-state index in [1.54, 1.807) is 13.2 Å². The normalized spacial score (nSPS) is 12.2. The summed E-state index contributed by atoms with van der Waals surface area (Å²) in [4.78, 5) is 12.4. The lowest BCUT2D eigenvalue weighted by Crippen LogP contribution is -2.23. The van der Waals surface area contributed by atoms with E-state index in [4.69, 9.17) is 4.42 Å². The number of hydrogen-bond acceptors (Lipinski definition) is 5. The van der Waals surface area contributed by atoms with Crippen LogP contribution in [0.4, 0.5) is 10.1 Å². The highest BCUT2D eigenvalue weighted by molar-refractivity contribution is 8.00. The Hall–Kier alpha value is -2.61. The van der Waals surface area contributed by atoms with Gasteiger partial charge in [-0.1, -0.05) is 11.8 Å². The van der Waals surface area contributed by atoms with Crippen molar-refractivity contribution in [1.29, 1.82) is 0 Å². The van der Waals surface area contributed by atoms with Crippen LogP contribution in [0, 0.1) is 12.7 Å². The number of rotatable bonds is 6. The standard InChI is InChI=1S/C18H19FN4O2S/c1-4-23-16(15-9-10-25-11(15)2)21-22-18(23)26-12(3)17(24)20-14-7-5-13(19)6-8-14/h5-10,12H,4H2,1-3H3,(H,20,24)/t12-/m0/s1. The lowest BCUT2D eigenvalue weighted by atomic mass is 10.2. The summed E-state index contributed by atoms with van der Waals surface area (Å²) in [5, 5.41) is 11.5. The molecule has 8 heteroatoms. The Kier molecular flexibility index (Phi) is 5.41. The van der Waals surface area contributed by atoms with Gasteiger partial charge in [0.05, 0.1) is 17.1 Å². The third kappa shape index (κ3) is 3.80. The Morgan fingerprint density at radius 3 is 2.65 bits per heavy atom. The molecule has 3 rings (SSSR count). The van der Waals surface area contributed by atoms with Crippen molar-refractivity contribution >= 4 is 23.4 Å². The van der Waals surface area contributed by atoms with Gasteiger partial charge < -0.3 is 14.3 Å². The minimum Gasteiger partial charge on any atom is -0.469 e. The number of halogens is 1. The van der Waals surface area contributed by atoms with E-state index in [1.165, 1.54) is 36.0 Å². The number of amides is 1. The van der Waals surface area contributed by atoms with Crippen molar-refractivity contribution in [2.75, 3.05) is 5.32 Å². The minimum absolute atomic E-state index is 0.187. The summed E-state index contributed by atoms with van der Waals surface area (Å²) in [6.45, 7) is 6.33. The molecule has 0 aliphatic carbocycles. The Balaban J connectivity index is 1.74. The third-order valence-corrected chi connectivity index (χ3v) is 4.98. The van der Waals surface area contributed by atoms with Gasteiger partial charge in [0, 0.05) is 12.2 Å². The number of carbonyl (C=O) groups is 1. The summed E-state index contributed by atoms with van der Waals surface area (Å²) < 4.78 is 20.3. The molecule has 1 amide bonds. The molecule has 1 N–H and O–H groups in total. The second-order valence-corrected chi connectivity index (χ2v) is 7.01. The van der Waals surface area contributed by atoms with Crippen molar-refractivity contribution in [3.63, 3.8) is 0 Å². The van der Waals surface area contributed by atoms with Gasteiger partial charge in [-0.05, 0) is 51.1 Å². The summed E-state index contributed by atoms with van der Waals surface area (Å²) in [5.41, 5.74) is 1.44. The topological polar surface area (TPSA) is 73.0 Å². The van der Waals surface area contributed by atoms with Crippen LogP contribution >= 0.6 is 11.8 Å². The van der Waals surface area contributed by atoms with E-state index in [2.05, 4.69) is 15.5 Å². The fourth-order valence-electron chi connectivity index (χ4n) is 2.47. The largest absolute Gasteiger partial charge is 0.469 e. The van der Waals surface area contributed by atoms with Crippen LogP contribution in [0.25, 0.3) is 11.4 Å². The Morgan fingerprint density at radius 2 is 2.04 bits per heavy atom. The molecular weight excluding hydrogens is 355 g/mol. The fraction of sp³-hybridized carbons (Fsp3) is 0.278. The van der Waals surface area contributed by atoms with Gasteiger partial charge in [0.15, 0.2) is 11.0 Å². The number of nitrogens with zero attached hydrogens (tertiary/aromatic N) is 3. The summed E-state index contributed by atoms with van der Waals surface area (Å²) in [6.07, 6.45) is 1.62. The van der Waals surface area contributed by atoms with E-state index in [-0.39, 0.29) is 11.7 Å². The molecule has 0 saturated carbocycles. The Morgan fingerprint density at radius 1 is 1.31 bits per heavy atom. The van der Waals surface area contributed by atoms with Crippen molar-refractivity contribution in [2.45, 2.75) is 37.7 Å². The third-order valence-electron chi connectivity index (χ3n) is 3.90. The van der Waals surface area contributed by atoms with Crippen LogP contribution in [0.3, 0.4) is 0 Å². The molecule has 0 radical (unpaired) electrons. The van der Waals surface area contributed by atoms with Crippen molar-refractivity contribution in [3.8, 4) is 11.4 Å². The summed E-state index contributed by atoms with van der Waals surface area (Å²) in [6, 6.07) is 7.52. The van der Waals surface area contributed by atoms with Gasteiger partial charge in [0.1, 0.15) is 11.6 Å². The first-order valence-electron chi connectivity index (χ1n) is 8.20. The predicted octanol–water partition coefficient (Wildman–Crippen LogP) is 4.12. The summed E-state index contributed by atoms with van der Waals surface area (Å²) >= 11 is 1.32. The number of benzene rings is 1. The van der Waals surface area contributed by atoms with Gasteiger partial charge >= 0.3 is 0 Å². The number of carbonyl (C=O) groups excluding carboxylic acids is 1. The highest BCUT2D eigenvalue weighted by Gasteiger charge is 2.21. The number of anilines is 1. The van der Waals surface area contributed by atoms with Crippen LogP contribution in [0.5, 0.6) is 0 Å². The molecule has 136 valence electrons. The Labute approximate surface area is 154 Å². The lowest BCUT2D eigenvalue weighted by molar-refractivity contribution is -0.115. The van der Waals surface area contributed by atoms with Crippen LogP contribution in [-0.2, 0) is 11.3 Å². The average molecular weight is 374 g/mol. The van der Waals surface area contributed by atoms with Crippen molar-refractivity contribution in [3.05, 3.63) is 48.2 Å². The first kappa shape index (κ1) is 18.2. The first-order valence-corrected chi connectivity index (χ1v) is 9.08. The van der Waals surface area contributed by atoms with E-state index in [0.717, 1.165) is 11.3 Å². The molecule has 1 aromatic carbocycles. The van der Waals surface area contributed by atoms with Crippen LogP contribution in [-0.4, -0.2) is 25.9 Å². The summed E-state index contributed by atoms with van der Waals surface area (Å²) in [5.74, 6) is 0.954. The monoisotopic (exact) mass is 374 g/mol. The zero-order chi connectivity index (χ0) is 18.7. The number of nitrogens with one attached hydrogen (secondary N) is 1. The maximum absolute atomic E-state index is 13.0. The lowest BCUT2D eigenvalue weighted by Gasteiger charge is -2.12. The summed E-state index contributed by atoms with van der Waals surface area (Å²) in [7, 11) is 0. The number of aryl methyl sites for hydroxylation is 1. The second kappa shape index (κ2) is 7.74. The number of hydrogen-bond donors (Lipinski definition) is 1. The molecule has 0 aliphatic rings. The second-order valence-electron chi connectivity index (χ2n) is 5.70. The molecule has 0 fully saturated rings. The SMILES string of the molecule is CCn1c(S[C@@H](C)C(=O)Nc2ccc(F)cc2)nnc1-c1ccoc1C. The molecule has 2 heterocycles. The van der Waals surface area contributed by atoms with E-state index >= 15 is 0 Å². The molecule has 0 aliphatic heterocycles. The van der Waals surface area contributed by atoms with Gasteiger partial charge in [0.25, 0.3) is 0 Å². The average Bonchev–Trinajstić information content (AvgIpc) is 3.22. The molecule has 3 aromatic rings. The zero-order valence-corrected chi connectivity index (χ0v) is 15.5. The molecule has 0 saturated heterocycles. The van der Waals surface area contributed by atoms with Gasteiger partial charge in [-0.3, -0.25) is 4.79 Å². The van der Waals surface area contributed by atoms with Crippen LogP contribution in [0.15, 0.2) is 46.2 Å². The van der Waals surface area contributed by atoms with E-state index < -0.39 is 5.25 Å². The maximum atomic E-state index is 13.0. The molecular formula is C18H19FN4O2S. The van der Waals surface area contributed by atoms with Crippen LogP contribution in [0.1, 0.15) is 19.6 Å². The van der Waals surface area contributed by atoms with Gasteiger partial charge in [0.2, 0.25) is 5.91 Å². The molecule has 0 unspecified atom stereocenters. The minimum atomic E-state index is -0.396. The van der Waals surface area contributed by atoms with E-state index in [0.29, 0.717) is 23.2 Å². The highest BCUT2D eigenvalue weighted by Crippen LogP contribution is 2.29. The number of aromatic nitrogens is 3. The quantitative estimate of drug-likeness (QED) is 0.657. The van der Waals surface area contributed by atoms with Crippen molar-refractivity contribution < 1.29 is 13.6 Å². The first-order chi connectivity index (χ1) is 12.5. The van der Waals surface area contributed by atoms with Crippen molar-refractivity contribution in [2.24, 2.45) is 0 Å². The van der Waals surface area contributed by atoms with Gasteiger partial charge in [-0.25, -0.2) is 4.39 Å². The van der Waals surface area contributed by atoms with Crippen LogP contribution < -0.4 is 5.32 Å². The predicted molar refractivity (Wildman–Crippen MR) is 98.5 cm³/mol. The fourth-order valence-corrected chi connectivity index (χ4v) is 3.38. The maximum Gasteiger partial charge on any atom is 0.237 e. The van der Waals surface area contributed by atoms with Crippen LogP contribution in [0.2, 0.25) is 0 Å². The molecule has 0 bridgehead atoms. The number of thioether (sulfide) groups is 1. The highest BCUT2D eigenvalue weighted by atomic mass is 32.2. The molecule has 1 atom stereocenters. The smallest absolute Gasteiger partial charge is 0.237 e.